The molecular weight excluding hydrogens is 186 g/mol. The van der Waals surface area contributed by atoms with Gasteiger partial charge in [0.2, 0.25) is 0 Å². The number of carbonyl (C=O) groups excluding carboxylic acids is 1. The van der Waals surface area contributed by atoms with Gasteiger partial charge in [-0.15, -0.1) is 0 Å². The first-order valence-corrected chi connectivity index (χ1v) is 5.85. The van der Waals surface area contributed by atoms with Gasteiger partial charge in [0.1, 0.15) is 0 Å². The van der Waals surface area contributed by atoms with Crippen molar-refractivity contribution in [1.82, 2.24) is 4.90 Å². The largest absolute Gasteiger partial charge is 0.396 e. The molecule has 1 rings (SSSR count). The van der Waals surface area contributed by atoms with E-state index in [1.807, 2.05) is 4.90 Å². The Morgan fingerprint density at radius 2 is 2.08 bits per heavy atom. The van der Waals surface area contributed by atoms with E-state index in [2.05, 4.69) is 0 Å². The summed E-state index contributed by atoms with van der Waals surface area (Å²) < 4.78 is 0. The fraction of sp³-hybridized carbons (Fsp3) is 0.889. The fourth-order valence-corrected chi connectivity index (χ4v) is 2.25. The van der Waals surface area contributed by atoms with Crippen molar-refractivity contribution >= 4 is 17.0 Å². The number of hydrogen-bond donors (Lipinski definition) is 1. The molecule has 1 aliphatic heterocycles. The van der Waals surface area contributed by atoms with Gasteiger partial charge in [-0.3, -0.25) is 4.79 Å². The molecule has 0 bridgehead atoms. The summed E-state index contributed by atoms with van der Waals surface area (Å²) in [5.41, 5.74) is 0. The predicted molar refractivity (Wildman–Crippen MR) is 55.0 cm³/mol. The minimum atomic E-state index is 0.238. The average Bonchev–Trinajstić information content (AvgIpc) is 2.52. The zero-order valence-corrected chi connectivity index (χ0v) is 8.68. The lowest BCUT2D eigenvalue weighted by Crippen LogP contribution is -2.24. The average molecular weight is 203 g/mol. The highest BCUT2D eigenvalue weighted by molar-refractivity contribution is 8.13. The van der Waals surface area contributed by atoms with Crippen molar-refractivity contribution in [1.29, 1.82) is 0 Å². The van der Waals surface area contributed by atoms with Gasteiger partial charge < -0.3 is 10.0 Å². The Hall–Kier alpha value is -0.220. The number of nitrogens with zero attached hydrogens (tertiary/aromatic N) is 1. The summed E-state index contributed by atoms with van der Waals surface area (Å²) in [6, 6.07) is 0. The van der Waals surface area contributed by atoms with Crippen LogP contribution in [0.1, 0.15) is 25.7 Å². The number of amides is 1. The van der Waals surface area contributed by atoms with Crippen LogP contribution in [0, 0.1) is 0 Å². The molecule has 0 unspecified atom stereocenters. The summed E-state index contributed by atoms with van der Waals surface area (Å²) in [4.78, 5) is 13.1. The number of aliphatic hydroxyl groups excluding tert-OH is 1. The molecule has 0 aliphatic carbocycles. The van der Waals surface area contributed by atoms with Crippen LogP contribution in [0.5, 0.6) is 0 Å². The first-order chi connectivity index (χ1) is 6.34. The molecule has 0 atom stereocenters. The van der Waals surface area contributed by atoms with Crippen LogP contribution in [0.25, 0.3) is 0 Å². The second-order valence-corrected chi connectivity index (χ2v) is 4.29. The van der Waals surface area contributed by atoms with Gasteiger partial charge in [0.25, 0.3) is 5.24 Å². The Balaban J connectivity index is 1.96. The van der Waals surface area contributed by atoms with Gasteiger partial charge in [-0.1, -0.05) is 24.6 Å². The summed E-state index contributed by atoms with van der Waals surface area (Å²) in [5, 5.41) is 8.79. The Morgan fingerprint density at radius 1 is 1.31 bits per heavy atom. The summed E-state index contributed by atoms with van der Waals surface area (Å²) in [6.45, 7) is 2.11. The van der Waals surface area contributed by atoms with Crippen molar-refractivity contribution in [3.8, 4) is 0 Å². The first kappa shape index (κ1) is 10.9. The van der Waals surface area contributed by atoms with Crippen molar-refractivity contribution in [3.05, 3.63) is 0 Å². The second kappa shape index (κ2) is 6.27. The van der Waals surface area contributed by atoms with Crippen LogP contribution >= 0.6 is 11.8 Å². The highest BCUT2D eigenvalue weighted by Crippen LogP contribution is 2.17. The number of carbonyl (C=O) groups is 1. The van der Waals surface area contributed by atoms with Crippen LogP contribution in [0.4, 0.5) is 4.79 Å². The molecule has 76 valence electrons. The molecule has 1 aliphatic rings. The molecular formula is C9H17NO2S. The third kappa shape index (κ3) is 4.00. The van der Waals surface area contributed by atoms with Crippen molar-refractivity contribution in [2.75, 3.05) is 25.4 Å². The minimum Gasteiger partial charge on any atom is -0.396 e. The standard InChI is InChI=1S/C9H17NO2S/c11-7-4-2-1-3-5-10-6-8-13-9(10)12/h11H,1-8H2. The van der Waals surface area contributed by atoms with Gasteiger partial charge in [-0.05, 0) is 12.8 Å². The van der Waals surface area contributed by atoms with E-state index in [4.69, 9.17) is 5.11 Å². The number of unbranched alkanes of at least 4 members (excludes halogenated alkanes) is 3. The topological polar surface area (TPSA) is 40.5 Å². The van der Waals surface area contributed by atoms with E-state index in [0.717, 1.165) is 44.5 Å². The Morgan fingerprint density at radius 3 is 2.69 bits per heavy atom. The number of thioether (sulfide) groups is 1. The molecule has 0 aromatic heterocycles. The molecule has 13 heavy (non-hydrogen) atoms. The molecule has 0 spiro atoms. The van der Waals surface area contributed by atoms with E-state index >= 15 is 0 Å². The summed E-state index contributed by atoms with van der Waals surface area (Å²) in [6.07, 6.45) is 4.16. The second-order valence-electron chi connectivity index (χ2n) is 3.24. The fourth-order valence-electron chi connectivity index (χ4n) is 1.40. The molecule has 4 heteroatoms. The van der Waals surface area contributed by atoms with Crippen LogP contribution in [-0.4, -0.2) is 40.7 Å². The lowest BCUT2D eigenvalue weighted by molar-refractivity contribution is 0.228. The van der Waals surface area contributed by atoms with Crippen LogP contribution in [0.3, 0.4) is 0 Å². The van der Waals surface area contributed by atoms with Crippen molar-refractivity contribution in [2.24, 2.45) is 0 Å². The van der Waals surface area contributed by atoms with Gasteiger partial charge >= 0.3 is 0 Å². The Labute approximate surface area is 83.5 Å². The zero-order valence-electron chi connectivity index (χ0n) is 7.87. The molecule has 0 saturated carbocycles. The molecule has 1 fully saturated rings. The maximum atomic E-state index is 11.1. The lowest BCUT2D eigenvalue weighted by Gasteiger charge is -2.13. The third-order valence-corrected chi connectivity index (χ3v) is 3.07. The first-order valence-electron chi connectivity index (χ1n) is 4.87. The summed E-state index contributed by atoms with van der Waals surface area (Å²) >= 11 is 1.42. The van der Waals surface area contributed by atoms with Crippen molar-refractivity contribution in [2.45, 2.75) is 25.7 Å². The quantitative estimate of drug-likeness (QED) is 0.668. The highest BCUT2D eigenvalue weighted by atomic mass is 32.2. The Bertz CT molecular complexity index is 164. The Kier molecular flexibility index (Phi) is 5.23. The molecule has 3 nitrogen and oxygen atoms in total. The number of rotatable bonds is 6. The lowest BCUT2D eigenvalue weighted by atomic mass is 10.2. The summed E-state index contributed by atoms with van der Waals surface area (Å²) in [7, 11) is 0. The number of hydrogen-bond acceptors (Lipinski definition) is 3. The number of aliphatic hydroxyl groups is 1. The van der Waals surface area contributed by atoms with Gasteiger partial charge in [0, 0.05) is 25.4 Å². The van der Waals surface area contributed by atoms with Gasteiger partial charge in [0.05, 0.1) is 0 Å². The van der Waals surface area contributed by atoms with Crippen LogP contribution in [0.2, 0.25) is 0 Å². The maximum absolute atomic E-state index is 11.1. The monoisotopic (exact) mass is 203 g/mol. The SMILES string of the molecule is O=C1SCCN1CCCCCCO. The van der Waals surface area contributed by atoms with E-state index in [9.17, 15) is 4.79 Å². The minimum absolute atomic E-state index is 0.238. The van der Waals surface area contributed by atoms with E-state index in [-0.39, 0.29) is 5.24 Å². The maximum Gasteiger partial charge on any atom is 0.281 e. The van der Waals surface area contributed by atoms with E-state index in [1.54, 1.807) is 0 Å². The van der Waals surface area contributed by atoms with E-state index in [1.165, 1.54) is 11.8 Å². The highest BCUT2D eigenvalue weighted by Gasteiger charge is 2.19. The van der Waals surface area contributed by atoms with Gasteiger partial charge in [-0.2, -0.15) is 0 Å². The van der Waals surface area contributed by atoms with Crippen molar-refractivity contribution in [3.63, 3.8) is 0 Å². The van der Waals surface area contributed by atoms with Crippen LogP contribution in [0.15, 0.2) is 0 Å². The molecule has 1 saturated heterocycles. The third-order valence-electron chi connectivity index (χ3n) is 2.18. The smallest absolute Gasteiger partial charge is 0.281 e. The van der Waals surface area contributed by atoms with Gasteiger partial charge in [0.15, 0.2) is 0 Å². The normalized spacial score (nSPS) is 17.0. The summed E-state index contributed by atoms with van der Waals surface area (Å²) in [5.74, 6) is 0.954. The van der Waals surface area contributed by atoms with E-state index < -0.39 is 0 Å². The van der Waals surface area contributed by atoms with Crippen LogP contribution < -0.4 is 0 Å². The molecule has 0 aromatic carbocycles. The molecule has 1 amide bonds. The van der Waals surface area contributed by atoms with Gasteiger partial charge in [-0.25, -0.2) is 0 Å². The van der Waals surface area contributed by atoms with Crippen molar-refractivity contribution < 1.29 is 9.90 Å². The molecule has 1 heterocycles. The zero-order chi connectivity index (χ0) is 9.52. The molecule has 1 N–H and O–H groups in total. The van der Waals surface area contributed by atoms with E-state index in [0.29, 0.717) is 6.61 Å². The molecule has 0 radical (unpaired) electrons. The predicted octanol–water partition coefficient (Wildman–Crippen LogP) is 1.71. The van der Waals surface area contributed by atoms with Crippen LogP contribution in [-0.2, 0) is 0 Å². The molecule has 0 aromatic rings.